The van der Waals surface area contributed by atoms with E-state index in [1.54, 1.807) is 36.8 Å². The molecule has 7 nitrogen and oxygen atoms in total. The Hall–Kier alpha value is -3.39. The number of pyridine rings is 1. The zero-order valence-corrected chi connectivity index (χ0v) is 13.0. The standard InChI is InChI=1S/C17H15FN6O/c18-12-9-10(17(20)5-8-23-16(19)24-17)1-2-14(12)25-13-4-7-22-15-11(13)3-6-21-15/h1-9H,20H2,(H,21,22)(H3,19,23,24). The summed E-state index contributed by atoms with van der Waals surface area (Å²) in [5.41, 5.74) is 11.7. The summed E-state index contributed by atoms with van der Waals surface area (Å²) in [6.45, 7) is 0. The molecule has 1 unspecified atom stereocenters. The summed E-state index contributed by atoms with van der Waals surface area (Å²) >= 11 is 0. The van der Waals surface area contributed by atoms with Gasteiger partial charge in [0.2, 0.25) is 0 Å². The van der Waals surface area contributed by atoms with E-state index in [-0.39, 0.29) is 11.7 Å². The van der Waals surface area contributed by atoms with Gasteiger partial charge in [-0.1, -0.05) is 6.07 Å². The Bertz CT molecular complexity index is 1010. The summed E-state index contributed by atoms with van der Waals surface area (Å²) in [6.07, 6.45) is 6.51. The van der Waals surface area contributed by atoms with Crippen LogP contribution in [0, 0.1) is 5.82 Å². The Morgan fingerprint density at radius 1 is 1.16 bits per heavy atom. The second-order valence-corrected chi connectivity index (χ2v) is 5.60. The number of fused-ring (bicyclic) bond motifs is 1. The monoisotopic (exact) mass is 338 g/mol. The molecule has 4 rings (SSSR count). The molecule has 3 heterocycles. The van der Waals surface area contributed by atoms with Crippen LogP contribution in [0.5, 0.6) is 11.5 Å². The molecular weight excluding hydrogens is 323 g/mol. The fourth-order valence-corrected chi connectivity index (χ4v) is 2.66. The summed E-state index contributed by atoms with van der Waals surface area (Å²) in [7, 11) is 0. The molecule has 0 fully saturated rings. The van der Waals surface area contributed by atoms with Crippen molar-refractivity contribution in [3.63, 3.8) is 0 Å². The maximum atomic E-state index is 14.6. The third-order valence-corrected chi connectivity index (χ3v) is 3.91. The second kappa shape index (κ2) is 5.60. The van der Waals surface area contributed by atoms with Gasteiger partial charge in [0.1, 0.15) is 11.4 Å². The number of benzene rings is 1. The van der Waals surface area contributed by atoms with E-state index in [1.165, 1.54) is 12.1 Å². The first-order valence-electron chi connectivity index (χ1n) is 7.54. The number of rotatable bonds is 3. The SMILES string of the molecule is NC1=NC(N)(c2ccc(Oc3ccnc4[nH]ccc34)c(F)c2)C=CN1. The minimum Gasteiger partial charge on any atom is -0.453 e. The molecule has 0 aliphatic carbocycles. The van der Waals surface area contributed by atoms with E-state index in [1.807, 2.05) is 6.07 Å². The molecule has 1 atom stereocenters. The molecule has 1 aliphatic heterocycles. The molecule has 1 aromatic carbocycles. The van der Waals surface area contributed by atoms with Crippen LogP contribution in [-0.2, 0) is 5.66 Å². The maximum Gasteiger partial charge on any atom is 0.195 e. The van der Waals surface area contributed by atoms with E-state index in [4.69, 9.17) is 16.2 Å². The number of hydrogen-bond acceptors (Lipinski definition) is 6. The fraction of sp³-hybridized carbons (Fsp3) is 0.0588. The van der Waals surface area contributed by atoms with Gasteiger partial charge in [0.25, 0.3) is 0 Å². The van der Waals surface area contributed by atoms with Crippen molar-refractivity contribution >= 4 is 17.0 Å². The molecule has 126 valence electrons. The first-order chi connectivity index (χ1) is 12.0. The summed E-state index contributed by atoms with van der Waals surface area (Å²) < 4.78 is 20.3. The topological polar surface area (TPSA) is 114 Å². The maximum absolute atomic E-state index is 14.6. The zero-order valence-electron chi connectivity index (χ0n) is 13.0. The van der Waals surface area contributed by atoms with Crippen molar-refractivity contribution in [3.8, 4) is 11.5 Å². The second-order valence-electron chi connectivity index (χ2n) is 5.60. The van der Waals surface area contributed by atoms with Crippen LogP contribution in [0.25, 0.3) is 11.0 Å². The lowest BCUT2D eigenvalue weighted by Crippen LogP contribution is -2.42. The molecule has 2 aromatic heterocycles. The van der Waals surface area contributed by atoms with Crippen LogP contribution >= 0.6 is 0 Å². The number of halogens is 1. The van der Waals surface area contributed by atoms with Crippen LogP contribution in [0.15, 0.2) is 60.0 Å². The van der Waals surface area contributed by atoms with Gasteiger partial charge in [-0.05, 0) is 30.3 Å². The molecule has 8 heteroatoms. The summed E-state index contributed by atoms with van der Waals surface area (Å²) in [4.78, 5) is 11.3. The number of hydrogen-bond donors (Lipinski definition) is 4. The number of nitrogens with two attached hydrogens (primary N) is 2. The van der Waals surface area contributed by atoms with E-state index in [0.717, 1.165) is 5.39 Å². The summed E-state index contributed by atoms with van der Waals surface area (Å²) in [5.74, 6) is 0.196. The van der Waals surface area contributed by atoms with Crippen LogP contribution < -0.4 is 21.5 Å². The molecule has 6 N–H and O–H groups in total. The van der Waals surface area contributed by atoms with E-state index in [0.29, 0.717) is 17.0 Å². The highest BCUT2D eigenvalue weighted by Gasteiger charge is 2.27. The van der Waals surface area contributed by atoms with Crippen LogP contribution in [-0.4, -0.2) is 15.9 Å². The predicted octanol–water partition coefficient (Wildman–Crippen LogP) is 2.04. The number of aliphatic imine (C=N–C) groups is 1. The van der Waals surface area contributed by atoms with Gasteiger partial charge >= 0.3 is 0 Å². The van der Waals surface area contributed by atoms with Crippen LogP contribution in [0.1, 0.15) is 5.56 Å². The lowest BCUT2D eigenvalue weighted by molar-refractivity contribution is 0.443. The Balaban J connectivity index is 1.68. The third kappa shape index (κ3) is 2.68. The molecule has 0 saturated carbocycles. The van der Waals surface area contributed by atoms with Crippen molar-refractivity contribution in [2.45, 2.75) is 5.66 Å². The highest BCUT2D eigenvalue weighted by atomic mass is 19.1. The lowest BCUT2D eigenvalue weighted by atomic mass is 10.00. The van der Waals surface area contributed by atoms with Crippen molar-refractivity contribution in [1.82, 2.24) is 15.3 Å². The predicted molar refractivity (Wildman–Crippen MR) is 92.3 cm³/mol. The Labute approximate surface area is 142 Å². The molecule has 25 heavy (non-hydrogen) atoms. The van der Waals surface area contributed by atoms with E-state index < -0.39 is 11.5 Å². The first-order valence-corrected chi connectivity index (χ1v) is 7.54. The molecule has 1 aliphatic rings. The van der Waals surface area contributed by atoms with Gasteiger partial charge in [0, 0.05) is 24.2 Å². The lowest BCUT2D eigenvalue weighted by Gasteiger charge is -2.25. The number of aromatic amines is 1. The van der Waals surface area contributed by atoms with Gasteiger partial charge in [0.15, 0.2) is 23.2 Å². The number of ether oxygens (including phenoxy) is 1. The number of nitrogens with zero attached hydrogens (tertiary/aromatic N) is 2. The minimum absolute atomic E-state index is 0.0796. The highest BCUT2D eigenvalue weighted by molar-refractivity contribution is 5.82. The fourth-order valence-electron chi connectivity index (χ4n) is 2.66. The van der Waals surface area contributed by atoms with Gasteiger partial charge in [-0.3, -0.25) is 5.73 Å². The normalized spacial score (nSPS) is 19.5. The largest absolute Gasteiger partial charge is 0.453 e. The quantitative estimate of drug-likeness (QED) is 0.583. The molecule has 0 bridgehead atoms. The van der Waals surface area contributed by atoms with Crippen molar-refractivity contribution < 1.29 is 9.13 Å². The van der Waals surface area contributed by atoms with Gasteiger partial charge in [-0.2, -0.15) is 0 Å². The van der Waals surface area contributed by atoms with Gasteiger partial charge < -0.3 is 20.8 Å². The average molecular weight is 338 g/mol. The molecule has 0 spiro atoms. The smallest absolute Gasteiger partial charge is 0.195 e. The molecular formula is C17H15FN6O. The van der Waals surface area contributed by atoms with Crippen LogP contribution in [0.4, 0.5) is 4.39 Å². The molecule has 0 saturated heterocycles. The van der Waals surface area contributed by atoms with Crippen LogP contribution in [0.2, 0.25) is 0 Å². The molecule has 0 radical (unpaired) electrons. The molecule has 0 amide bonds. The van der Waals surface area contributed by atoms with Crippen molar-refractivity contribution in [1.29, 1.82) is 0 Å². The number of aromatic nitrogens is 2. The number of H-pyrrole nitrogens is 1. The van der Waals surface area contributed by atoms with Crippen molar-refractivity contribution in [2.75, 3.05) is 0 Å². The van der Waals surface area contributed by atoms with Crippen molar-refractivity contribution in [3.05, 3.63) is 66.4 Å². The van der Waals surface area contributed by atoms with Gasteiger partial charge in [0.05, 0.1) is 5.39 Å². The highest BCUT2D eigenvalue weighted by Crippen LogP contribution is 2.32. The van der Waals surface area contributed by atoms with E-state index in [2.05, 4.69) is 20.3 Å². The molecule has 3 aromatic rings. The third-order valence-electron chi connectivity index (χ3n) is 3.91. The van der Waals surface area contributed by atoms with E-state index in [9.17, 15) is 4.39 Å². The summed E-state index contributed by atoms with van der Waals surface area (Å²) in [5, 5.41) is 3.48. The van der Waals surface area contributed by atoms with Gasteiger partial charge in [-0.25, -0.2) is 14.4 Å². The van der Waals surface area contributed by atoms with E-state index >= 15 is 0 Å². The number of guanidine groups is 1. The Morgan fingerprint density at radius 3 is 2.84 bits per heavy atom. The zero-order chi connectivity index (χ0) is 17.4. The first kappa shape index (κ1) is 15.2. The van der Waals surface area contributed by atoms with Gasteiger partial charge in [-0.15, -0.1) is 0 Å². The summed E-state index contributed by atoms with van der Waals surface area (Å²) in [6, 6.07) is 7.95. The Kier molecular flexibility index (Phi) is 3.40. The van der Waals surface area contributed by atoms with Crippen LogP contribution in [0.3, 0.4) is 0 Å². The number of nitrogens with one attached hydrogen (secondary N) is 2. The van der Waals surface area contributed by atoms with Crippen molar-refractivity contribution in [2.24, 2.45) is 16.5 Å². The Morgan fingerprint density at radius 2 is 2.04 bits per heavy atom. The average Bonchev–Trinajstić information content (AvgIpc) is 3.06. The minimum atomic E-state index is -1.22.